The molecule has 5 heteroatoms. The van der Waals surface area contributed by atoms with Crippen LogP contribution in [0.2, 0.25) is 0 Å². The molecule has 1 rings (SSSR count). The van der Waals surface area contributed by atoms with Crippen LogP contribution in [0, 0.1) is 16.7 Å². The predicted molar refractivity (Wildman–Crippen MR) is 59.4 cm³/mol. The van der Waals surface area contributed by atoms with E-state index in [0.29, 0.717) is 32.7 Å². The molecular formula is C11H19N3O2. The molecule has 0 unspecified atom stereocenters. The standard InChI is InChI=1S/C11H19N3O2/c1-16-8-7-14(6-2-5-12)10(15)11(9-13)3-4-11/h2-4,6-9,13H2,1H3. The monoisotopic (exact) mass is 225 g/mol. The van der Waals surface area contributed by atoms with Gasteiger partial charge in [-0.1, -0.05) is 0 Å². The van der Waals surface area contributed by atoms with Crippen LogP contribution in [0.5, 0.6) is 0 Å². The number of hydrogen-bond donors (Lipinski definition) is 1. The summed E-state index contributed by atoms with van der Waals surface area (Å²) in [4.78, 5) is 13.9. The number of nitrogens with zero attached hydrogens (tertiary/aromatic N) is 2. The van der Waals surface area contributed by atoms with Gasteiger partial charge in [-0.05, 0) is 12.8 Å². The first-order chi connectivity index (χ1) is 7.70. The highest BCUT2D eigenvalue weighted by molar-refractivity contribution is 5.85. The largest absolute Gasteiger partial charge is 0.383 e. The van der Waals surface area contributed by atoms with Crippen LogP contribution in [0.1, 0.15) is 19.3 Å². The lowest BCUT2D eigenvalue weighted by Gasteiger charge is -2.25. The molecule has 0 aromatic rings. The van der Waals surface area contributed by atoms with Crippen LogP contribution in [0.15, 0.2) is 0 Å². The van der Waals surface area contributed by atoms with Gasteiger partial charge in [-0.15, -0.1) is 0 Å². The average Bonchev–Trinajstić information content (AvgIpc) is 3.09. The zero-order chi connectivity index (χ0) is 12.0. The minimum Gasteiger partial charge on any atom is -0.383 e. The molecule has 1 amide bonds. The van der Waals surface area contributed by atoms with Crippen LogP contribution < -0.4 is 5.73 Å². The lowest BCUT2D eigenvalue weighted by molar-refractivity contribution is -0.137. The van der Waals surface area contributed by atoms with E-state index in [4.69, 9.17) is 15.7 Å². The minimum absolute atomic E-state index is 0.0855. The van der Waals surface area contributed by atoms with E-state index in [2.05, 4.69) is 6.07 Å². The van der Waals surface area contributed by atoms with Gasteiger partial charge < -0.3 is 15.4 Å². The van der Waals surface area contributed by atoms with Gasteiger partial charge >= 0.3 is 0 Å². The van der Waals surface area contributed by atoms with Crippen LogP contribution in [0.3, 0.4) is 0 Å². The summed E-state index contributed by atoms with van der Waals surface area (Å²) < 4.78 is 4.96. The summed E-state index contributed by atoms with van der Waals surface area (Å²) >= 11 is 0. The van der Waals surface area contributed by atoms with Crippen LogP contribution >= 0.6 is 0 Å². The number of carbonyl (C=O) groups excluding carboxylic acids is 1. The lowest BCUT2D eigenvalue weighted by Crippen LogP contribution is -2.42. The summed E-state index contributed by atoms with van der Waals surface area (Å²) in [6, 6.07) is 2.05. The summed E-state index contributed by atoms with van der Waals surface area (Å²) in [5.74, 6) is 0.0855. The first-order valence-corrected chi connectivity index (χ1v) is 5.55. The Labute approximate surface area is 96.2 Å². The van der Waals surface area contributed by atoms with Gasteiger partial charge in [0.1, 0.15) is 0 Å². The molecule has 16 heavy (non-hydrogen) atoms. The van der Waals surface area contributed by atoms with Crippen molar-refractivity contribution in [1.29, 1.82) is 5.26 Å². The Balaban J connectivity index is 2.54. The second-order valence-corrected chi connectivity index (χ2v) is 4.18. The molecule has 1 aliphatic rings. The van der Waals surface area contributed by atoms with Gasteiger partial charge in [0, 0.05) is 26.7 Å². The molecule has 2 N–H and O–H groups in total. The first-order valence-electron chi connectivity index (χ1n) is 5.55. The third-order valence-corrected chi connectivity index (χ3v) is 3.04. The molecule has 1 fully saturated rings. The minimum atomic E-state index is -0.330. The van der Waals surface area contributed by atoms with Gasteiger partial charge in [0.05, 0.1) is 24.5 Å². The van der Waals surface area contributed by atoms with Crippen LogP contribution in [-0.2, 0) is 9.53 Å². The van der Waals surface area contributed by atoms with Crippen molar-refractivity contribution in [3.63, 3.8) is 0 Å². The van der Waals surface area contributed by atoms with E-state index >= 15 is 0 Å². The zero-order valence-corrected chi connectivity index (χ0v) is 9.74. The van der Waals surface area contributed by atoms with E-state index in [9.17, 15) is 4.79 Å². The molecule has 1 saturated carbocycles. The van der Waals surface area contributed by atoms with Gasteiger partial charge in [0.25, 0.3) is 0 Å². The molecule has 5 nitrogen and oxygen atoms in total. The number of nitriles is 1. The Morgan fingerprint density at radius 2 is 2.25 bits per heavy atom. The molecule has 0 bridgehead atoms. The Morgan fingerprint density at radius 1 is 1.56 bits per heavy atom. The average molecular weight is 225 g/mol. The van der Waals surface area contributed by atoms with Crippen LogP contribution in [0.4, 0.5) is 0 Å². The lowest BCUT2D eigenvalue weighted by atomic mass is 10.1. The Hall–Kier alpha value is -1.12. The van der Waals surface area contributed by atoms with Crippen molar-refractivity contribution >= 4 is 5.91 Å². The molecule has 0 radical (unpaired) electrons. The number of rotatable bonds is 7. The third-order valence-electron chi connectivity index (χ3n) is 3.04. The number of carbonyl (C=O) groups is 1. The number of ether oxygens (including phenoxy) is 1. The predicted octanol–water partition coefficient (Wildman–Crippen LogP) is 0.114. The fourth-order valence-electron chi connectivity index (χ4n) is 1.69. The third kappa shape index (κ3) is 2.94. The quantitative estimate of drug-likeness (QED) is 0.667. The van der Waals surface area contributed by atoms with Crippen LogP contribution in [-0.4, -0.2) is 44.2 Å². The molecular weight excluding hydrogens is 206 g/mol. The second kappa shape index (κ2) is 5.83. The fraction of sp³-hybridized carbons (Fsp3) is 0.818. The first kappa shape index (κ1) is 12.9. The fourth-order valence-corrected chi connectivity index (χ4v) is 1.69. The number of methoxy groups -OCH3 is 1. The summed E-state index contributed by atoms with van der Waals surface area (Å²) in [6.07, 6.45) is 2.10. The van der Waals surface area contributed by atoms with Crippen molar-refractivity contribution < 1.29 is 9.53 Å². The van der Waals surface area contributed by atoms with E-state index < -0.39 is 0 Å². The van der Waals surface area contributed by atoms with E-state index in [1.54, 1.807) is 12.0 Å². The SMILES string of the molecule is COCCN(CCC#N)C(=O)C1(CN)CC1. The summed E-state index contributed by atoms with van der Waals surface area (Å²) in [7, 11) is 1.60. The van der Waals surface area contributed by atoms with Gasteiger partial charge in [-0.2, -0.15) is 5.26 Å². The smallest absolute Gasteiger partial charge is 0.230 e. The number of amides is 1. The Morgan fingerprint density at radius 3 is 2.69 bits per heavy atom. The van der Waals surface area contributed by atoms with E-state index in [0.717, 1.165) is 12.8 Å². The molecule has 0 aromatic heterocycles. The van der Waals surface area contributed by atoms with Crippen molar-refractivity contribution in [2.75, 3.05) is 33.4 Å². The normalized spacial score (nSPS) is 16.6. The summed E-state index contributed by atoms with van der Waals surface area (Å²) in [5.41, 5.74) is 5.29. The highest BCUT2D eigenvalue weighted by Gasteiger charge is 2.50. The van der Waals surface area contributed by atoms with E-state index in [1.165, 1.54) is 0 Å². The van der Waals surface area contributed by atoms with Crippen molar-refractivity contribution in [1.82, 2.24) is 4.90 Å². The highest BCUT2D eigenvalue weighted by Crippen LogP contribution is 2.46. The van der Waals surface area contributed by atoms with Gasteiger partial charge in [0.2, 0.25) is 5.91 Å². The molecule has 0 heterocycles. The van der Waals surface area contributed by atoms with Gasteiger partial charge in [-0.3, -0.25) is 4.79 Å². The van der Waals surface area contributed by atoms with Gasteiger partial charge in [0.15, 0.2) is 0 Å². The van der Waals surface area contributed by atoms with Crippen LogP contribution in [0.25, 0.3) is 0 Å². The van der Waals surface area contributed by atoms with Crippen molar-refractivity contribution in [3.8, 4) is 6.07 Å². The number of nitrogens with two attached hydrogens (primary N) is 1. The zero-order valence-electron chi connectivity index (χ0n) is 9.74. The van der Waals surface area contributed by atoms with Crippen molar-refractivity contribution in [3.05, 3.63) is 0 Å². The highest BCUT2D eigenvalue weighted by atomic mass is 16.5. The number of hydrogen-bond acceptors (Lipinski definition) is 4. The maximum absolute atomic E-state index is 12.2. The molecule has 0 aromatic carbocycles. The van der Waals surface area contributed by atoms with Crippen molar-refractivity contribution in [2.45, 2.75) is 19.3 Å². The maximum Gasteiger partial charge on any atom is 0.230 e. The second-order valence-electron chi connectivity index (χ2n) is 4.18. The molecule has 0 spiro atoms. The molecule has 90 valence electrons. The van der Waals surface area contributed by atoms with E-state index in [-0.39, 0.29) is 11.3 Å². The Bertz CT molecular complexity index is 281. The summed E-state index contributed by atoms with van der Waals surface area (Å²) in [6.45, 7) is 1.92. The molecule has 0 saturated heterocycles. The molecule has 0 aliphatic heterocycles. The maximum atomic E-state index is 12.2. The Kier molecular flexibility index (Phi) is 4.71. The van der Waals surface area contributed by atoms with Crippen molar-refractivity contribution in [2.24, 2.45) is 11.1 Å². The summed E-state index contributed by atoms with van der Waals surface area (Å²) in [5, 5.41) is 8.55. The molecule has 1 aliphatic carbocycles. The molecule has 0 atom stereocenters. The van der Waals surface area contributed by atoms with E-state index in [1.807, 2.05) is 0 Å². The topological polar surface area (TPSA) is 79.3 Å². The van der Waals surface area contributed by atoms with Gasteiger partial charge in [-0.25, -0.2) is 0 Å².